The molecule has 1 atom stereocenters. The lowest BCUT2D eigenvalue weighted by Crippen LogP contribution is -2.49. The van der Waals surface area contributed by atoms with Crippen LogP contribution < -0.4 is 0 Å². The van der Waals surface area contributed by atoms with E-state index in [4.69, 9.17) is 4.74 Å². The monoisotopic (exact) mass is 506 g/mol. The molecule has 1 saturated heterocycles. The maximum atomic E-state index is 5.76. The summed E-state index contributed by atoms with van der Waals surface area (Å²) < 4.78 is 6.88. The third kappa shape index (κ3) is 13.6. The van der Waals surface area contributed by atoms with Crippen LogP contribution in [0.2, 0.25) is 0 Å². The van der Waals surface area contributed by atoms with Crippen LogP contribution in [0, 0.1) is 0 Å². The Bertz CT molecular complexity index is 744. The molecular weight excluding hydrogens is 450 g/mol. The molecule has 0 N–H and O–H groups in total. The highest BCUT2D eigenvalue weighted by Crippen LogP contribution is 2.26. The summed E-state index contributed by atoms with van der Waals surface area (Å²) in [7, 11) is 0. The van der Waals surface area contributed by atoms with Gasteiger partial charge in [0.15, 0.2) is 0 Å². The molecule has 2 heteroatoms. The Morgan fingerprint density at radius 3 is 1.32 bits per heavy atom. The maximum Gasteiger partial charge on any atom is 0.130 e. The van der Waals surface area contributed by atoms with Crippen LogP contribution in [-0.2, 0) is 17.8 Å². The first kappa shape index (κ1) is 29.9. The van der Waals surface area contributed by atoms with E-state index >= 15 is 0 Å². The molecule has 1 aliphatic heterocycles. The first-order valence-electron chi connectivity index (χ1n) is 15.8. The molecule has 206 valence electrons. The van der Waals surface area contributed by atoms with Crippen molar-refractivity contribution in [2.45, 2.75) is 129 Å². The fraction of sp³-hybridized carbons (Fsp3) is 0.657. The van der Waals surface area contributed by atoms with Crippen LogP contribution in [0.15, 0.2) is 60.7 Å². The van der Waals surface area contributed by atoms with Crippen LogP contribution >= 0.6 is 0 Å². The number of epoxide rings is 1. The summed E-state index contributed by atoms with van der Waals surface area (Å²) in [4.78, 5) is 0. The first-order valence-corrected chi connectivity index (χ1v) is 15.8. The molecule has 2 nitrogen and oxygen atoms in total. The van der Waals surface area contributed by atoms with Gasteiger partial charge in [0, 0.05) is 11.1 Å². The van der Waals surface area contributed by atoms with Crippen LogP contribution in [0.5, 0.6) is 0 Å². The van der Waals surface area contributed by atoms with Crippen molar-refractivity contribution in [3.8, 4) is 0 Å². The molecule has 0 amide bonds. The van der Waals surface area contributed by atoms with E-state index in [9.17, 15) is 0 Å². The Hall–Kier alpha value is -1.64. The zero-order chi connectivity index (χ0) is 25.9. The van der Waals surface area contributed by atoms with Crippen LogP contribution in [0.25, 0.3) is 0 Å². The number of quaternary nitrogens is 1. The average molecular weight is 507 g/mol. The highest BCUT2D eigenvalue weighted by atomic mass is 16.6. The largest absolute Gasteiger partial charge is 0.367 e. The van der Waals surface area contributed by atoms with Gasteiger partial charge < -0.3 is 9.22 Å². The molecular formula is C35H56NO+. The summed E-state index contributed by atoms with van der Waals surface area (Å²) in [6, 6.07) is 22.2. The quantitative estimate of drug-likeness (QED) is 0.0830. The molecule has 0 aromatic heterocycles. The third-order valence-corrected chi connectivity index (χ3v) is 8.20. The van der Waals surface area contributed by atoms with Gasteiger partial charge in [0.25, 0.3) is 0 Å². The zero-order valence-electron chi connectivity index (χ0n) is 24.1. The van der Waals surface area contributed by atoms with Gasteiger partial charge >= 0.3 is 0 Å². The van der Waals surface area contributed by atoms with Gasteiger partial charge in [-0.1, -0.05) is 157 Å². The highest BCUT2D eigenvalue weighted by Gasteiger charge is 2.37. The molecule has 2 aromatic carbocycles. The zero-order valence-corrected chi connectivity index (χ0v) is 24.1. The summed E-state index contributed by atoms with van der Waals surface area (Å²) in [5, 5.41) is 0. The van der Waals surface area contributed by atoms with Crippen LogP contribution in [0.4, 0.5) is 0 Å². The smallest absolute Gasteiger partial charge is 0.130 e. The second kappa shape index (κ2) is 18.6. The van der Waals surface area contributed by atoms with E-state index in [2.05, 4.69) is 67.6 Å². The van der Waals surface area contributed by atoms with Crippen molar-refractivity contribution in [3.63, 3.8) is 0 Å². The van der Waals surface area contributed by atoms with Crippen molar-refractivity contribution >= 4 is 0 Å². The standard InChI is InChI=1S/C35H56NO/c1-2-3-4-5-6-7-8-9-10-11-12-13-14-15-16-23-28-36(31-35-32-37-35,29-33-24-19-17-20-25-33)30-34-26-21-18-22-27-34/h17-22,24-27,35H,2-16,23,28-32H2,1H3/q+1. The van der Waals surface area contributed by atoms with Gasteiger partial charge in [-0.05, 0) is 12.8 Å². The lowest BCUT2D eigenvalue weighted by Gasteiger charge is -2.39. The Labute approximate surface area is 229 Å². The first-order chi connectivity index (χ1) is 18.3. The Kier molecular flexibility index (Phi) is 15.0. The molecule has 2 aromatic rings. The van der Waals surface area contributed by atoms with Crippen LogP contribution in [0.1, 0.15) is 121 Å². The number of unbranched alkanes of at least 4 members (excludes halogenated alkanes) is 15. The SMILES string of the molecule is CCCCCCCCCCCCCCCCCC[N+](Cc1ccccc1)(Cc1ccccc1)CC1CO1. The number of ether oxygens (including phenoxy) is 1. The van der Waals surface area contributed by atoms with Crippen molar-refractivity contribution in [1.82, 2.24) is 0 Å². The van der Waals surface area contributed by atoms with E-state index in [1.54, 1.807) is 0 Å². The molecule has 0 saturated carbocycles. The molecule has 0 radical (unpaired) electrons. The topological polar surface area (TPSA) is 12.5 Å². The Balaban J connectivity index is 1.32. The predicted molar refractivity (Wildman–Crippen MR) is 160 cm³/mol. The Morgan fingerprint density at radius 2 is 0.946 bits per heavy atom. The van der Waals surface area contributed by atoms with Crippen molar-refractivity contribution in [2.75, 3.05) is 19.7 Å². The summed E-state index contributed by atoms with van der Waals surface area (Å²) in [5.74, 6) is 0. The molecule has 1 unspecified atom stereocenters. The maximum absolute atomic E-state index is 5.76. The average Bonchev–Trinajstić information content (AvgIpc) is 3.73. The Morgan fingerprint density at radius 1 is 0.568 bits per heavy atom. The molecule has 1 fully saturated rings. The highest BCUT2D eigenvalue weighted by molar-refractivity contribution is 5.15. The molecule has 1 heterocycles. The van der Waals surface area contributed by atoms with Crippen molar-refractivity contribution in [3.05, 3.63) is 71.8 Å². The normalized spacial score (nSPS) is 15.2. The number of hydrogen-bond donors (Lipinski definition) is 0. The van der Waals surface area contributed by atoms with Gasteiger partial charge in [0.2, 0.25) is 0 Å². The van der Waals surface area contributed by atoms with E-state index in [1.807, 2.05) is 0 Å². The summed E-state index contributed by atoms with van der Waals surface area (Å²) in [6.07, 6.45) is 23.3. The van der Waals surface area contributed by atoms with E-state index in [0.717, 1.165) is 30.7 Å². The van der Waals surface area contributed by atoms with Gasteiger partial charge in [0.05, 0.1) is 13.2 Å². The minimum Gasteiger partial charge on any atom is -0.367 e. The van der Waals surface area contributed by atoms with E-state index in [0.29, 0.717) is 6.10 Å². The molecule has 0 spiro atoms. The van der Waals surface area contributed by atoms with Crippen molar-refractivity contribution < 1.29 is 9.22 Å². The second-order valence-electron chi connectivity index (χ2n) is 11.8. The fourth-order valence-corrected chi connectivity index (χ4v) is 5.98. The van der Waals surface area contributed by atoms with E-state index in [1.165, 1.54) is 120 Å². The molecule has 1 aliphatic rings. The molecule has 0 aliphatic carbocycles. The number of nitrogens with zero attached hydrogens (tertiary/aromatic N) is 1. The molecule has 0 bridgehead atoms. The van der Waals surface area contributed by atoms with Crippen molar-refractivity contribution in [1.29, 1.82) is 0 Å². The minimum absolute atomic E-state index is 0.452. The summed E-state index contributed by atoms with van der Waals surface area (Å²) in [5.41, 5.74) is 2.91. The van der Waals surface area contributed by atoms with Gasteiger partial charge in [-0.15, -0.1) is 0 Å². The van der Waals surface area contributed by atoms with Crippen molar-refractivity contribution in [2.24, 2.45) is 0 Å². The molecule has 37 heavy (non-hydrogen) atoms. The number of benzene rings is 2. The lowest BCUT2D eigenvalue weighted by molar-refractivity contribution is -0.954. The van der Waals surface area contributed by atoms with Gasteiger partial charge in [-0.3, -0.25) is 0 Å². The third-order valence-electron chi connectivity index (χ3n) is 8.20. The van der Waals surface area contributed by atoms with Gasteiger partial charge in [-0.25, -0.2) is 0 Å². The number of rotatable bonds is 23. The lowest BCUT2D eigenvalue weighted by atomic mass is 10.0. The van der Waals surface area contributed by atoms with E-state index in [-0.39, 0.29) is 0 Å². The fourth-order valence-electron chi connectivity index (χ4n) is 5.98. The summed E-state index contributed by atoms with van der Waals surface area (Å²) in [6.45, 7) is 7.85. The second-order valence-corrected chi connectivity index (χ2v) is 11.8. The van der Waals surface area contributed by atoms with Crippen LogP contribution in [-0.4, -0.2) is 30.3 Å². The van der Waals surface area contributed by atoms with Crippen LogP contribution in [0.3, 0.4) is 0 Å². The predicted octanol–water partition coefficient (Wildman–Crippen LogP) is 9.86. The minimum atomic E-state index is 0.452. The van der Waals surface area contributed by atoms with Gasteiger partial charge in [-0.2, -0.15) is 0 Å². The van der Waals surface area contributed by atoms with Gasteiger partial charge in [0.1, 0.15) is 25.7 Å². The molecule has 3 rings (SSSR count). The number of hydrogen-bond acceptors (Lipinski definition) is 1. The van der Waals surface area contributed by atoms with E-state index < -0.39 is 0 Å². The summed E-state index contributed by atoms with van der Waals surface area (Å²) >= 11 is 0.